The number of β-amino-alcohol motifs (C(OH)–C–C–N with tert-alkyl or cyclic N) is 1. The first-order valence-electron chi connectivity index (χ1n) is 12.3. The van der Waals surface area contributed by atoms with Crippen LogP contribution in [0.2, 0.25) is 0 Å². The molecule has 1 saturated heterocycles. The number of likely N-dealkylation sites (tertiary alicyclic amines) is 1. The molecule has 0 spiro atoms. The van der Waals surface area contributed by atoms with Crippen LogP contribution in [-0.2, 0) is 27.3 Å². The Morgan fingerprint density at radius 2 is 1.76 bits per heavy atom. The van der Waals surface area contributed by atoms with Crippen LogP contribution in [0.5, 0.6) is 0 Å². The number of non-ortho nitro benzene ring substituents is 1. The lowest BCUT2D eigenvalue weighted by Crippen LogP contribution is -2.54. The van der Waals surface area contributed by atoms with Gasteiger partial charge < -0.3 is 20.1 Å². The van der Waals surface area contributed by atoms with Crippen molar-refractivity contribution in [1.82, 2.24) is 15.1 Å². The third-order valence-corrected chi connectivity index (χ3v) is 6.05. The zero-order valence-electron chi connectivity index (χ0n) is 22.0. The van der Waals surface area contributed by atoms with Gasteiger partial charge in [0.2, 0.25) is 11.8 Å². The smallest absolute Gasteiger partial charge is 0.411 e. The Hall–Kier alpha value is -3.99. The number of ether oxygens (including phenoxy) is 1. The minimum absolute atomic E-state index is 0.00335. The number of likely N-dealkylation sites (N-methyl/N-ethyl adjacent to an activating group) is 1. The summed E-state index contributed by atoms with van der Waals surface area (Å²) in [5, 5.41) is 24.0. The molecule has 3 rings (SSSR count). The van der Waals surface area contributed by atoms with Gasteiger partial charge in [-0.25, -0.2) is 4.79 Å². The second-order valence-corrected chi connectivity index (χ2v) is 10.4. The van der Waals surface area contributed by atoms with Crippen molar-refractivity contribution in [3.63, 3.8) is 0 Å². The number of benzene rings is 2. The summed E-state index contributed by atoms with van der Waals surface area (Å²) in [5.74, 6) is -0.969. The van der Waals surface area contributed by atoms with Gasteiger partial charge in [0.05, 0.1) is 17.6 Å². The van der Waals surface area contributed by atoms with E-state index < -0.39 is 40.7 Å². The normalized spacial score (nSPS) is 18.0. The average Bonchev–Trinajstić information content (AvgIpc) is 3.25. The highest BCUT2D eigenvalue weighted by molar-refractivity contribution is 5.92. The molecule has 3 amide bonds. The number of hydrogen-bond acceptors (Lipinski definition) is 7. The van der Waals surface area contributed by atoms with Crippen molar-refractivity contribution < 1.29 is 29.2 Å². The molecule has 1 fully saturated rings. The Balaban J connectivity index is 1.81. The molecule has 204 valence electrons. The third kappa shape index (κ3) is 7.75. The van der Waals surface area contributed by atoms with Gasteiger partial charge in [0.15, 0.2) is 0 Å². The number of nitrogens with zero attached hydrogens (tertiary/aromatic N) is 3. The predicted molar refractivity (Wildman–Crippen MR) is 139 cm³/mol. The molecule has 11 heteroatoms. The summed E-state index contributed by atoms with van der Waals surface area (Å²) >= 11 is 0. The number of nitro benzene ring substituents is 1. The molecule has 1 heterocycles. The summed E-state index contributed by atoms with van der Waals surface area (Å²) in [5.41, 5.74) is 0.631. The molecule has 2 aromatic rings. The lowest BCUT2D eigenvalue weighted by Gasteiger charge is -2.30. The zero-order chi connectivity index (χ0) is 28.0. The molecule has 0 bridgehead atoms. The van der Waals surface area contributed by atoms with E-state index >= 15 is 0 Å². The third-order valence-electron chi connectivity index (χ3n) is 6.05. The molecule has 0 unspecified atom stereocenters. The number of nitrogens with one attached hydrogen (secondary N) is 1. The van der Waals surface area contributed by atoms with Crippen LogP contribution in [0.15, 0.2) is 54.6 Å². The van der Waals surface area contributed by atoms with Crippen LogP contribution in [0.4, 0.5) is 10.5 Å². The number of carbonyl (C=O) groups is 3. The first-order valence-corrected chi connectivity index (χ1v) is 12.3. The maximum Gasteiger partial charge on any atom is 0.411 e. The first-order chi connectivity index (χ1) is 17.8. The molecular formula is C27H34N4O7. The lowest BCUT2D eigenvalue weighted by molar-refractivity contribution is -0.384. The van der Waals surface area contributed by atoms with Gasteiger partial charge >= 0.3 is 6.09 Å². The molecule has 0 aromatic heterocycles. The van der Waals surface area contributed by atoms with Gasteiger partial charge in [-0.2, -0.15) is 0 Å². The highest BCUT2D eigenvalue weighted by atomic mass is 16.6. The predicted octanol–water partition coefficient (Wildman–Crippen LogP) is 2.65. The van der Waals surface area contributed by atoms with Gasteiger partial charge in [0.25, 0.3) is 5.69 Å². The van der Waals surface area contributed by atoms with Crippen molar-refractivity contribution in [2.75, 3.05) is 13.6 Å². The van der Waals surface area contributed by atoms with Crippen molar-refractivity contribution in [2.45, 2.75) is 63.9 Å². The van der Waals surface area contributed by atoms with E-state index in [2.05, 4.69) is 5.32 Å². The minimum atomic E-state index is -1.02. The van der Waals surface area contributed by atoms with Crippen LogP contribution >= 0.6 is 0 Å². The molecule has 1 aliphatic rings. The maximum absolute atomic E-state index is 13.5. The van der Waals surface area contributed by atoms with Crippen LogP contribution in [0.1, 0.15) is 38.3 Å². The maximum atomic E-state index is 13.5. The molecule has 1 aliphatic heterocycles. The van der Waals surface area contributed by atoms with Crippen molar-refractivity contribution in [1.29, 1.82) is 0 Å². The quantitative estimate of drug-likeness (QED) is 0.398. The van der Waals surface area contributed by atoms with Crippen molar-refractivity contribution in [2.24, 2.45) is 0 Å². The lowest BCUT2D eigenvalue weighted by atomic mass is 10.0. The van der Waals surface area contributed by atoms with E-state index in [9.17, 15) is 29.6 Å². The topological polar surface area (TPSA) is 142 Å². The van der Waals surface area contributed by atoms with Crippen LogP contribution in [0.3, 0.4) is 0 Å². The van der Waals surface area contributed by atoms with E-state index in [4.69, 9.17) is 4.74 Å². The van der Waals surface area contributed by atoms with Crippen molar-refractivity contribution in [3.05, 3.63) is 75.8 Å². The van der Waals surface area contributed by atoms with Gasteiger partial charge in [-0.05, 0) is 31.9 Å². The largest absolute Gasteiger partial charge is 0.444 e. The summed E-state index contributed by atoms with van der Waals surface area (Å²) in [6.07, 6.45) is -1.57. The minimum Gasteiger partial charge on any atom is -0.444 e. The number of nitro groups is 1. The van der Waals surface area contributed by atoms with Crippen molar-refractivity contribution in [3.8, 4) is 0 Å². The van der Waals surface area contributed by atoms with Crippen LogP contribution in [-0.4, -0.2) is 75.1 Å². The summed E-state index contributed by atoms with van der Waals surface area (Å²) in [6, 6.07) is 13.1. The Morgan fingerprint density at radius 3 is 2.34 bits per heavy atom. The fourth-order valence-electron chi connectivity index (χ4n) is 4.24. The Bertz CT molecular complexity index is 1150. The van der Waals surface area contributed by atoms with Gasteiger partial charge in [-0.3, -0.25) is 24.6 Å². The monoisotopic (exact) mass is 526 g/mol. The zero-order valence-corrected chi connectivity index (χ0v) is 22.0. The van der Waals surface area contributed by atoms with Gasteiger partial charge in [0.1, 0.15) is 17.7 Å². The SMILES string of the molecule is CN(Cc1ccccc1)C(=O)[C@H](Cc1ccc([N+](=O)[O-])cc1)NC(=O)[C@@H]1C[C@@H](O)CN1C(=O)OC(C)(C)C. The van der Waals surface area contributed by atoms with Crippen LogP contribution < -0.4 is 5.32 Å². The highest BCUT2D eigenvalue weighted by Crippen LogP contribution is 2.22. The van der Waals surface area contributed by atoms with Crippen LogP contribution in [0, 0.1) is 10.1 Å². The van der Waals surface area contributed by atoms with E-state index in [1.165, 1.54) is 34.1 Å². The molecule has 2 aromatic carbocycles. The first kappa shape index (κ1) is 28.6. The second-order valence-electron chi connectivity index (χ2n) is 10.4. The summed E-state index contributed by atoms with van der Waals surface area (Å²) in [6.45, 7) is 5.34. The number of aliphatic hydroxyl groups is 1. The highest BCUT2D eigenvalue weighted by Gasteiger charge is 2.42. The Morgan fingerprint density at radius 1 is 1.13 bits per heavy atom. The van der Waals surface area contributed by atoms with E-state index in [1.807, 2.05) is 30.3 Å². The molecule has 2 N–H and O–H groups in total. The fourth-order valence-corrected chi connectivity index (χ4v) is 4.24. The van der Waals surface area contributed by atoms with E-state index in [-0.39, 0.29) is 31.0 Å². The molecule has 38 heavy (non-hydrogen) atoms. The number of amides is 3. The molecule has 0 aliphatic carbocycles. The fraction of sp³-hybridized carbons (Fsp3) is 0.444. The number of rotatable bonds is 8. The van der Waals surface area contributed by atoms with Gasteiger partial charge in [-0.15, -0.1) is 0 Å². The molecule has 3 atom stereocenters. The summed E-state index contributed by atoms with van der Waals surface area (Å²) in [4.78, 5) is 52.7. The molecule has 11 nitrogen and oxygen atoms in total. The van der Waals surface area contributed by atoms with Crippen molar-refractivity contribution >= 4 is 23.6 Å². The van der Waals surface area contributed by atoms with Gasteiger partial charge in [-0.1, -0.05) is 42.5 Å². The summed E-state index contributed by atoms with van der Waals surface area (Å²) in [7, 11) is 1.62. The van der Waals surface area contributed by atoms with Gasteiger partial charge in [0, 0.05) is 38.6 Å². The average molecular weight is 527 g/mol. The number of aliphatic hydroxyl groups excluding tert-OH is 1. The molecule has 0 radical (unpaired) electrons. The number of carbonyl (C=O) groups excluding carboxylic acids is 3. The summed E-state index contributed by atoms with van der Waals surface area (Å²) < 4.78 is 5.40. The molecule has 0 saturated carbocycles. The van der Waals surface area contributed by atoms with E-state index in [0.717, 1.165) is 5.56 Å². The van der Waals surface area contributed by atoms with E-state index in [1.54, 1.807) is 27.8 Å². The Labute approximate surface area is 221 Å². The Kier molecular flexibility index (Phi) is 9.05. The standard InChI is InChI=1S/C27H34N4O7/c1-27(2,3)38-26(35)30-17-21(32)15-23(30)24(33)28-22(14-18-10-12-20(13-11-18)31(36)37)25(34)29(4)16-19-8-6-5-7-9-19/h5-13,21-23,32H,14-17H2,1-4H3,(H,28,33)/t21-,22+,23+/m1/s1. The second kappa shape index (κ2) is 12.0. The van der Waals surface area contributed by atoms with E-state index in [0.29, 0.717) is 12.1 Å². The number of hydrogen-bond donors (Lipinski definition) is 2. The van der Waals surface area contributed by atoms with Crippen LogP contribution in [0.25, 0.3) is 0 Å². The molecular weight excluding hydrogens is 492 g/mol.